The molecule has 3 aromatic rings. The number of hydrogen-bond donors (Lipinski definition) is 0. The molecule has 0 aliphatic carbocycles. The standard InChI is InChI=1S/C28H24ClNO5S2/c1-3-34-27(32)25(20-7-5-4-6-8-20)30-26(31)24(37-28(30)36)16-19-11-14-22(23(15-19)33-2)35-17-18-9-12-21(29)13-10-18/h4-16,25H,3,17H2,1-2H3/b24-16-. The van der Waals surface area contributed by atoms with Crippen molar-refractivity contribution in [3.8, 4) is 11.5 Å². The molecule has 3 aromatic carbocycles. The molecule has 0 radical (unpaired) electrons. The topological polar surface area (TPSA) is 65.1 Å². The number of ether oxygens (including phenoxy) is 3. The normalized spacial score (nSPS) is 15.1. The smallest absolute Gasteiger partial charge is 0.333 e. The van der Waals surface area contributed by atoms with E-state index in [1.54, 1.807) is 68.6 Å². The average Bonchev–Trinajstić information content (AvgIpc) is 3.17. The largest absolute Gasteiger partial charge is 0.493 e. The molecule has 37 heavy (non-hydrogen) atoms. The van der Waals surface area contributed by atoms with Crippen LogP contribution in [0, 0.1) is 0 Å². The van der Waals surface area contributed by atoms with Crippen LogP contribution in [0.2, 0.25) is 5.02 Å². The summed E-state index contributed by atoms with van der Waals surface area (Å²) >= 11 is 12.6. The fourth-order valence-electron chi connectivity index (χ4n) is 3.74. The Morgan fingerprint density at radius 3 is 2.49 bits per heavy atom. The van der Waals surface area contributed by atoms with Gasteiger partial charge in [0, 0.05) is 5.02 Å². The first-order valence-electron chi connectivity index (χ1n) is 11.4. The predicted octanol–water partition coefficient (Wildman–Crippen LogP) is 6.43. The van der Waals surface area contributed by atoms with Crippen LogP contribution < -0.4 is 9.47 Å². The lowest BCUT2D eigenvalue weighted by atomic mass is 10.1. The molecule has 0 spiro atoms. The van der Waals surface area contributed by atoms with Crippen LogP contribution >= 0.6 is 35.6 Å². The van der Waals surface area contributed by atoms with Crippen LogP contribution in [-0.4, -0.2) is 34.8 Å². The van der Waals surface area contributed by atoms with Crippen LogP contribution in [-0.2, 0) is 20.9 Å². The fourth-order valence-corrected chi connectivity index (χ4v) is 5.17. The minimum Gasteiger partial charge on any atom is -0.493 e. The zero-order valence-corrected chi connectivity index (χ0v) is 22.6. The van der Waals surface area contributed by atoms with Crippen molar-refractivity contribution in [3.05, 3.63) is 99.4 Å². The zero-order valence-electron chi connectivity index (χ0n) is 20.2. The number of nitrogens with zero attached hydrogens (tertiary/aromatic N) is 1. The summed E-state index contributed by atoms with van der Waals surface area (Å²) in [5, 5.41) is 0.661. The van der Waals surface area contributed by atoms with Gasteiger partial charge < -0.3 is 14.2 Å². The van der Waals surface area contributed by atoms with Gasteiger partial charge in [0.1, 0.15) is 10.9 Å². The summed E-state index contributed by atoms with van der Waals surface area (Å²) in [5.41, 5.74) is 2.32. The first-order chi connectivity index (χ1) is 17.9. The molecule has 1 atom stereocenters. The van der Waals surface area contributed by atoms with Crippen LogP contribution in [0.25, 0.3) is 6.08 Å². The van der Waals surface area contributed by atoms with E-state index in [0.29, 0.717) is 33.6 Å². The molecule has 1 unspecified atom stereocenters. The van der Waals surface area contributed by atoms with Crippen LogP contribution in [0.1, 0.15) is 29.7 Å². The molecule has 9 heteroatoms. The first-order valence-corrected chi connectivity index (χ1v) is 13.1. The number of carbonyl (C=O) groups excluding carboxylic acids is 2. The van der Waals surface area contributed by atoms with Gasteiger partial charge in [0.15, 0.2) is 17.5 Å². The van der Waals surface area contributed by atoms with Gasteiger partial charge in [-0.05, 0) is 54.0 Å². The van der Waals surface area contributed by atoms with Crippen molar-refractivity contribution in [2.45, 2.75) is 19.6 Å². The number of halogens is 1. The maximum absolute atomic E-state index is 13.4. The van der Waals surface area contributed by atoms with E-state index in [-0.39, 0.29) is 16.8 Å². The molecule has 4 rings (SSSR count). The van der Waals surface area contributed by atoms with Crippen molar-refractivity contribution in [2.24, 2.45) is 0 Å². The second-order valence-corrected chi connectivity index (χ2v) is 10.1. The number of esters is 1. The summed E-state index contributed by atoms with van der Waals surface area (Å²) in [6.07, 6.45) is 1.72. The number of rotatable bonds is 9. The number of carbonyl (C=O) groups is 2. The van der Waals surface area contributed by atoms with Crippen molar-refractivity contribution in [2.75, 3.05) is 13.7 Å². The Bertz CT molecular complexity index is 1330. The quantitative estimate of drug-likeness (QED) is 0.172. The van der Waals surface area contributed by atoms with Gasteiger partial charge in [0.05, 0.1) is 18.6 Å². The molecule has 1 fully saturated rings. The molecule has 190 valence electrons. The average molecular weight is 554 g/mol. The van der Waals surface area contributed by atoms with E-state index >= 15 is 0 Å². The molecule has 0 aromatic heterocycles. The number of hydrogen-bond acceptors (Lipinski definition) is 7. The number of amides is 1. The van der Waals surface area contributed by atoms with Gasteiger partial charge in [-0.2, -0.15) is 0 Å². The van der Waals surface area contributed by atoms with Crippen molar-refractivity contribution in [3.63, 3.8) is 0 Å². The third kappa shape index (κ3) is 6.33. The molecule has 1 saturated heterocycles. The maximum Gasteiger partial charge on any atom is 0.333 e. The number of methoxy groups -OCH3 is 1. The van der Waals surface area contributed by atoms with Crippen molar-refractivity contribution in [1.82, 2.24) is 4.90 Å². The van der Waals surface area contributed by atoms with Gasteiger partial charge in [0.2, 0.25) is 0 Å². The van der Waals surface area contributed by atoms with Gasteiger partial charge in [0.25, 0.3) is 5.91 Å². The van der Waals surface area contributed by atoms with Crippen LogP contribution in [0.4, 0.5) is 0 Å². The molecule has 6 nitrogen and oxygen atoms in total. The van der Waals surface area contributed by atoms with Gasteiger partial charge in [-0.3, -0.25) is 9.69 Å². The fraction of sp³-hybridized carbons (Fsp3) is 0.179. The highest BCUT2D eigenvalue weighted by atomic mass is 35.5. The highest BCUT2D eigenvalue weighted by Crippen LogP contribution is 2.39. The third-order valence-corrected chi connectivity index (χ3v) is 7.08. The molecule has 0 saturated carbocycles. The van der Waals surface area contributed by atoms with Crippen LogP contribution in [0.5, 0.6) is 11.5 Å². The monoisotopic (exact) mass is 553 g/mol. The van der Waals surface area contributed by atoms with Crippen molar-refractivity contribution < 1.29 is 23.8 Å². The Balaban J connectivity index is 1.56. The molecule has 0 bridgehead atoms. The maximum atomic E-state index is 13.4. The zero-order chi connectivity index (χ0) is 26.4. The molecule has 1 amide bonds. The van der Waals surface area contributed by atoms with Gasteiger partial charge in [-0.15, -0.1) is 0 Å². The van der Waals surface area contributed by atoms with Gasteiger partial charge >= 0.3 is 5.97 Å². The van der Waals surface area contributed by atoms with E-state index < -0.39 is 12.0 Å². The van der Waals surface area contributed by atoms with Crippen molar-refractivity contribution in [1.29, 1.82) is 0 Å². The van der Waals surface area contributed by atoms with Crippen LogP contribution in [0.3, 0.4) is 0 Å². The summed E-state index contributed by atoms with van der Waals surface area (Å²) in [6, 6.07) is 20.8. The van der Waals surface area contributed by atoms with E-state index in [2.05, 4.69) is 0 Å². The number of thiocarbonyl (C=S) groups is 1. The van der Waals surface area contributed by atoms with E-state index in [9.17, 15) is 9.59 Å². The first kappa shape index (κ1) is 26.7. The van der Waals surface area contributed by atoms with Crippen molar-refractivity contribution >= 4 is 57.9 Å². The predicted molar refractivity (Wildman–Crippen MR) is 150 cm³/mol. The highest BCUT2D eigenvalue weighted by molar-refractivity contribution is 8.26. The molecule has 1 aliphatic heterocycles. The SMILES string of the molecule is CCOC(=O)C(c1ccccc1)N1C(=O)/C(=C/c2ccc(OCc3ccc(Cl)cc3)c(OC)c2)SC1=S. The summed E-state index contributed by atoms with van der Waals surface area (Å²) in [5.74, 6) is 0.189. The lowest BCUT2D eigenvalue weighted by Crippen LogP contribution is -2.38. The molecule has 0 N–H and O–H groups in total. The minimum atomic E-state index is -0.960. The Morgan fingerprint density at radius 2 is 1.81 bits per heavy atom. The van der Waals surface area contributed by atoms with E-state index in [1.165, 1.54) is 4.90 Å². The Labute approximate surface area is 230 Å². The Kier molecular flexibility index (Phi) is 8.87. The van der Waals surface area contributed by atoms with E-state index in [1.807, 2.05) is 24.3 Å². The Hall–Kier alpha value is -3.33. The Morgan fingerprint density at radius 1 is 1.08 bits per heavy atom. The molecular weight excluding hydrogens is 530 g/mol. The van der Waals surface area contributed by atoms with E-state index in [4.69, 9.17) is 38.0 Å². The van der Waals surface area contributed by atoms with Gasteiger partial charge in [-0.25, -0.2) is 4.79 Å². The summed E-state index contributed by atoms with van der Waals surface area (Å²) < 4.78 is 17.0. The summed E-state index contributed by atoms with van der Waals surface area (Å²) in [4.78, 5) is 28.0. The molecule has 1 heterocycles. The molecule has 1 aliphatic rings. The van der Waals surface area contributed by atoms with E-state index in [0.717, 1.165) is 22.9 Å². The summed E-state index contributed by atoms with van der Waals surface area (Å²) in [7, 11) is 1.55. The third-order valence-electron chi connectivity index (χ3n) is 5.50. The lowest BCUT2D eigenvalue weighted by molar-refractivity contribution is -0.151. The van der Waals surface area contributed by atoms with Crippen LogP contribution in [0.15, 0.2) is 77.7 Å². The van der Waals surface area contributed by atoms with Gasteiger partial charge in [-0.1, -0.05) is 84.1 Å². The minimum absolute atomic E-state index is 0.193. The number of thioether (sulfide) groups is 1. The molecular formula is C28H24ClNO5S2. The second-order valence-electron chi connectivity index (χ2n) is 7.94. The summed E-state index contributed by atoms with van der Waals surface area (Å²) in [6.45, 7) is 2.26. The second kappa shape index (κ2) is 12.3. The highest BCUT2D eigenvalue weighted by Gasteiger charge is 2.42. The number of benzene rings is 3. The lowest BCUT2D eigenvalue weighted by Gasteiger charge is -2.25.